The molecule has 0 bridgehead atoms. The lowest BCUT2D eigenvalue weighted by Gasteiger charge is -2.37. The molecule has 5 aromatic carbocycles. The Bertz CT molecular complexity index is 2300. The van der Waals surface area contributed by atoms with Crippen molar-refractivity contribution in [3.8, 4) is 22.6 Å². The van der Waals surface area contributed by atoms with E-state index in [4.69, 9.17) is 9.47 Å². The van der Waals surface area contributed by atoms with E-state index in [1.54, 1.807) is 18.2 Å². The van der Waals surface area contributed by atoms with Crippen LogP contribution in [-0.2, 0) is 11.7 Å². The molecule has 264 valence electrons. The number of nitrogens with zero attached hydrogens (tertiary/aromatic N) is 6. The van der Waals surface area contributed by atoms with E-state index < -0.39 is 17.4 Å². The first-order valence-electron chi connectivity index (χ1n) is 17.4. The second kappa shape index (κ2) is 13.0. The smallest absolute Gasteiger partial charge is 0.435 e. The van der Waals surface area contributed by atoms with Gasteiger partial charge in [-0.3, -0.25) is 4.68 Å². The molecule has 8 nitrogen and oxygen atoms in total. The third-order valence-electron chi connectivity index (χ3n) is 10.1. The highest BCUT2D eigenvalue weighted by Crippen LogP contribution is 2.45. The van der Waals surface area contributed by atoms with Crippen LogP contribution in [0.5, 0.6) is 11.5 Å². The monoisotopic (exact) mass is 710 g/mol. The number of rotatable bonds is 7. The summed E-state index contributed by atoms with van der Waals surface area (Å²) < 4.78 is 58.0. The van der Waals surface area contributed by atoms with Gasteiger partial charge in [-0.1, -0.05) is 97.1 Å². The molecule has 7 aromatic rings. The number of anilines is 2. The van der Waals surface area contributed by atoms with Gasteiger partial charge in [0.15, 0.2) is 17.2 Å². The summed E-state index contributed by atoms with van der Waals surface area (Å²) in [6.07, 6.45) is -1.70. The Morgan fingerprint density at radius 1 is 0.604 bits per heavy atom. The lowest BCUT2D eigenvalue weighted by atomic mass is 9.77. The normalized spacial score (nSPS) is 14.5. The Morgan fingerprint density at radius 2 is 1.21 bits per heavy atom. The predicted octanol–water partition coefficient (Wildman–Crippen LogP) is 8.41. The maximum absolute atomic E-state index is 15.1. The minimum absolute atomic E-state index is 0.0333. The number of piperazine rings is 1. The highest BCUT2D eigenvalue weighted by molar-refractivity contribution is 5.93. The lowest BCUT2D eigenvalue weighted by Crippen LogP contribution is -2.46. The Labute approximate surface area is 303 Å². The Balaban J connectivity index is 1.14. The molecule has 0 amide bonds. The van der Waals surface area contributed by atoms with Gasteiger partial charge < -0.3 is 19.3 Å². The van der Waals surface area contributed by atoms with Crippen molar-refractivity contribution in [2.75, 3.05) is 42.8 Å². The summed E-state index contributed by atoms with van der Waals surface area (Å²) in [6.45, 7) is 2.97. The van der Waals surface area contributed by atoms with Crippen LogP contribution >= 0.6 is 0 Å². The molecular weight excluding hydrogens is 677 g/mol. The summed E-state index contributed by atoms with van der Waals surface area (Å²) in [4.78, 5) is 13.6. The van der Waals surface area contributed by atoms with Gasteiger partial charge in [0.05, 0.1) is 5.52 Å². The van der Waals surface area contributed by atoms with Gasteiger partial charge in [-0.05, 0) is 46.5 Å². The van der Waals surface area contributed by atoms with Crippen molar-refractivity contribution in [2.45, 2.75) is 11.7 Å². The standard InChI is InChI=1S/C42H33F3N6O2/c43-42(44,45)39-35(26-51(48-39)41(30-10-4-1-5-11-30,31-12-6-2-7-13-31)32-14-8-3-9-15-32)29-16-18-36-34(24-29)40(47-27-46-36)50-22-20-49(21-23-50)33-17-19-37-38(25-33)53-28-52-37/h1-19,24-27H,20-23,28H2. The number of fused-ring (bicyclic) bond motifs is 2. The maximum atomic E-state index is 15.1. The molecule has 4 heterocycles. The van der Waals surface area contributed by atoms with E-state index in [2.05, 4.69) is 24.9 Å². The van der Waals surface area contributed by atoms with Gasteiger partial charge in [-0.25, -0.2) is 9.97 Å². The number of aromatic nitrogens is 4. The van der Waals surface area contributed by atoms with E-state index in [1.165, 1.54) is 17.2 Å². The fourth-order valence-corrected chi connectivity index (χ4v) is 7.62. The van der Waals surface area contributed by atoms with E-state index in [9.17, 15) is 0 Å². The minimum atomic E-state index is -4.74. The van der Waals surface area contributed by atoms with Crippen LogP contribution in [0.3, 0.4) is 0 Å². The second-order valence-electron chi connectivity index (χ2n) is 13.1. The van der Waals surface area contributed by atoms with Gasteiger partial charge in [0.25, 0.3) is 0 Å². The number of halogens is 3. The molecule has 2 aliphatic heterocycles. The Kier molecular flexibility index (Phi) is 7.98. The molecule has 1 saturated heterocycles. The van der Waals surface area contributed by atoms with Crippen molar-refractivity contribution < 1.29 is 22.6 Å². The van der Waals surface area contributed by atoms with Crippen molar-refractivity contribution in [1.29, 1.82) is 0 Å². The summed E-state index contributed by atoms with van der Waals surface area (Å²) in [5.41, 5.74) is 2.15. The molecule has 0 N–H and O–H groups in total. The molecule has 0 unspecified atom stereocenters. The fraction of sp³-hybridized carbons (Fsp3) is 0.167. The average molecular weight is 711 g/mol. The van der Waals surface area contributed by atoms with Gasteiger partial charge in [0.2, 0.25) is 6.79 Å². The number of hydrogen-bond donors (Lipinski definition) is 0. The Morgan fingerprint density at radius 3 is 1.83 bits per heavy atom. The van der Waals surface area contributed by atoms with Crippen molar-refractivity contribution in [3.05, 3.63) is 162 Å². The van der Waals surface area contributed by atoms with Crippen molar-refractivity contribution in [2.24, 2.45) is 0 Å². The average Bonchev–Trinajstić information content (AvgIpc) is 3.88. The molecule has 9 rings (SSSR count). The number of benzene rings is 5. The first-order chi connectivity index (χ1) is 25.9. The van der Waals surface area contributed by atoms with Gasteiger partial charge in [-0.2, -0.15) is 18.3 Å². The van der Waals surface area contributed by atoms with Crippen LogP contribution in [0, 0.1) is 0 Å². The third kappa shape index (κ3) is 5.69. The Hall–Kier alpha value is -6.36. The van der Waals surface area contributed by atoms with Gasteiger partial charge in [0, 0.05) is 55.1 Å². The zero-order valence-corrected chi connectivity index (χ0v) is 28.4. The fourth-order valence-electron chi connectivity index (χ4n) is 7.62. The van der Waals surface area contributed by atoms with E-state index in [0.29, 0.717) is 35.4 Å². The van der Waals surface area contributed by atoms with Crippen LogP contribution in [0.25, 0.3) is 22.0 Å². The number of hydrogen-bond acceptors (Lipinski definition) is 7. The molecule has 0 saturated carbocycles. The van der Waals surface area contributed by atoms with Crippen LogP contribution in [0.4, 0.5) is 24.7 Å². The molecule has 0 aliphatic carbocycles. The van der Waals surface area contributed by atoms with E-state index in [1.807, 2.05) is 109 Å². The molecular formula is C42H33F3N6O2. The van der Waals surface area contributed by atoms with Crippen LogP contribution in [0.2, 0.25) is 0 Å². The first kappa shape index (κ1) is 32.5. The van der Waals surface area contributed by atoms with E-state index >= 15 is 13.2 Å². The third-order valence-corrected chi connectivity index (χ3v) is 10.1. The molecule has 2 aliphatic rings. The van der Waals surface area contributed by atoms with Crippen LogP contribution in [-0.4, -0.2) is 52.7 Å². The van der Waals surface area contributed by atoms with Crippen molar-refractivity contribution in [3.63, 3.8) is 0 Å². The predicted molar refractivity (Wildman–Crippen MR) is 197 cm³/mol. The van der Waals surface area contributed by atoms with Gasteiger partial charge >= 0.3 is 6.18 Å². The summed E-state index contributed by atoms with van der Waals surface area (Å²) >= 11 is 0. The van der Waals surface area contributed by atoms with Crippen LogP contribution in [0.15, 0.2) is 140 Å². The molecule has 0 spiro atoms. The van der Waals surface area contributed by atoms with Gasteiger partial charge in [-0.15, -0.1) is 0 Å². The molecule has 53 heavy (non-hydrogen) atoms. The molecule has 2 aromatic heterocycles. The highest BCUT2D eigenvalue weighted by atomic mass is 19.4. The van der Waals surface area contributed by atoms with E-state index in [-0.39, 0.29) is 12.4 Å². The number of ether oxygens (including phenoxy) is 2. The summed E-state index contributed by atoms with van der Waals surface area (Å²) in [5.74, 6) is 2.14. The quantitative estimate of drug-likeness (QED) is 0.154. The van der Waals surface area contributed by atoms with Crippen molar-refractivity contribution >= 4 is 22.4 Å². The zero-order chi connectivity index (χ0) is 36.0. The first-order valence-corrected chi connectivity index (χ1v) is 17.4. The highest BCUT2D eigenvalue weighted by Gasteiger charge is 2.44. The summed E-state index contributed by atoms with van der Waals surface area (Å²) in [7, 11) is 0. The van der Waals surface area contributed by atoms with Gasteiger partial charge in [0.1, 0.15) is 17.7 Å². The molecule has 1 fully saturated rings. The zero-order valence-electron chi connectivity index (χ0n) is 28.4. The summed E-state index contributed by atoms with van der Waals surface area (Å²) in [6, 6.07) is 39.8. The molecule has 0 radical (unpaired) electrons. The lowest BCUT2D eigenvalue weighted by molar-refractivity contribution is -0.141. The van der Waals surface area contributed by atoms with E-state index in [0.717, 1.165) is 47.0 Å². The summed E-state index contributed by atoms with van der Waals surface area (Å²) in [5, 5.41) is 5.11. The molecule has 11 heteroatoms. The van der Waals surface area contributed by atoms with Crippen molar-refractivity contribution in [1.82, 2.24) is 19.7 Å². The molecule has 0 atom stereocenters. The number of alkyl halides is 3. The van der Waals surface area contributed by atoms with Crippen LogP contribution < -0.4 is 19.3 Å². The maximum Gasteiger partial charge on any atom is 0.435 e. The van der Waals surface area contributed by atoms with Crippen LogP contribution in [0.1, 0.15) is 22.4 Å². The largest absolute Gasteiger partial charge is 0.454 e. The minimum Gasteiger partial charge on any atom is -0.454 e. The second-order valence-corrected chi connectivity index (χ2v) is 13.1. The SMILES string of the molecule is FC(F)(F)c1nn(C(c2ccccc2)(c2ccccc2)c2ccccc2)cc1-c1ccc2ncnc(N3CCN(c4ccc5c(c4)OCO5)CC3)c2c1. The topological polar surface area (TPSA) is 68.5 Å².